The summed E-state index contributed by atoms with van der Waals surface area (Å²) in [6, 6.07) is 15.0. The Labute approximate surface area is 167 Å². The van der Waals surface area contributed by atoms with E-state index in [1.54, 1.807) is 14.0 Å². The molecule has 0 aliphatic carbocycles. The minimum absolute atomic E-state index is 0. The number of amides is 1. The van der Waals surface area contributed by atoms with Crippen LogP contribution in [0.2, 0.25) is 0 Å². The van der Waals surface area contributed by atoms with Crippen molar-refractivity contribution in [1.29, 1.82) is 0 Å². The van der Waals surface area contributed by atoms with Gasteiger partial charge < -0.3 is 20.5 Å². The molecule has 1 unspecified atom stereocenters. The molecule has 2 rings (SSSR count). The quantitative estimate of drug-likeness (QED) is 0.637. The van der Waals surface area contributed by atoms with Crippen LogP contribution in [0.25, 0.3) is 0 Å². The highest BCUT2D eigenvalue weighted by Gasteiger charge is 2.29. The summed E-state index contributed by atoms with van der Waals surface area (Å²) in [6.07, 6.45) is 2.07. The molecule has 0 spiro atoms. The predicted octanol–water partition coefficient (Wildman–Crippen LogP) is 3.79. The van der Waals surface area contributed by atoms with Gasteiger partial charge in [0.1, 0.15) is 5.54 Å². The topological polar surface area (TPSA) is 73.6 Å². The third-order valence-electron chi connectivity index (χ3n) is 4.28. The van der Waals surface area contributed by atoms with Crippen molar-refractivity contribution in [1.82, 2.24) is 5.32 Å². The maximum Gasteiger partial charge on any atom is 0.244 e. The molecule has 0 fully saturated rings. The highest BCUT2D eigenvalue weighted by Crippen LogP contribution is 2.28. The van der Waals surface area contributed by atoms with Gasteiger partial charge in [-0.15, -0.1) is 12.4 Å². The third kappa shape index (κ3) is 6.15. The summed E-state index contributed by atoms with van der Waals surface area (Å²) in [7, 11) is 1.61. The highest BCUT2D eigenvalue weighted by atomic mass is 35.5. The Kier molecular flexibility index (Phi) is 9.12. The van der Waals surface area contributed by atoms with Crippen LogP contribution in [0.4, 0.5) is 0 Å². The van der Waals surface area contributed by atoms with E-state index >= 15 is 0 Å². The Morgan fingerprint density at radius 3 is 2.48 bits per heavy atom. The predicted molar refractivity (Wildman–Crippen MR) is 110 cm³/mol. The van der Waals surface area contributed by atoms with Crippen molar-refractivity contribution >= 4 is 18.3 Å². The smallest absolute Gasteiger partial charge is 0.244 e. The fourth-order valence-electron chi connectivity index (χ4n) is 2.55. The molecule has 5 nitrogen and oxygen atoms in total. The number of halogens is 1. The summed E-state index contributed by atoms with van der Waals surface area (Å²) in [5, 5.41) is 2.90. The Morgan fingerprint density at radius 2 is 1.85 bits per heavy atom. The average molecular weight is 393 g/mol. The zero-order chi connectivity index (χ0) is 19.0. The first-order valence-corrected chi connectivity index (χ1v) is 8.91. The monoisotopic (exact) mass is 392 g/mol. The molecule has 3 N–H and O–H groups in total. The van der Waals surface area contributed by atoms with Gasteiger partial charge in [-0.2, -0.15) is 0 Å². The van der Waals surface area contributed by atoms with Gasteiger partial charge in [0.25, 0.3) is 0 Å². The molecular formula is C21H29ClN2O3. The number of hydrogen-bond donors (Lipinski definition) is 2. The lowest BCUT2D eigenvalue weighted by atomic mass is 9.92. The molecule has 0 radical (unpaired) electrons. The van der Waals surface area contributed by atoms with E-state index in [4.69, 9.17) is 15.2 Å². The van der Waals surface area contributed by atoms with E-state index in [2.05, 4.69) is 12.2 Å². The number of nitrogens with one attached hydrogen (secondary N) is 1. The lowest BCUT2D eigenvalue weighted by Crippen LogP contribution is -2.48. The molecule has 1 amide bonds. The number of carbonyl (C=O) groups is 1. The van der Waals surface area contributed by atoms with E-state index in [0.29, 0.717) is 24.7 Å². The molecule has 0 aliphatic rings. The number of methoxy groups -OCH3 is 1. The van der Waals surface area contributed by atoms with Gasteiger partial charge in [-0.1, -0.05) is 49.7 Å². The number of ether oxygens (including phenoxy) is 2. The molecular weight excluding hydrogens is 364 g/mol. The standard InChI is InChI=1S/C21H28N2O3.ClH/c1-4-5-13-26-18-12-11-16(14-19(18)25-3)15-23-20(24)21(2,22)17-9-7-6-8-10-17;/h6-12,14H,4-5,13,15,22H2,1-3H3,(H,23,24);1H. The van der Waals surface area contributed by atoms with Crippen LogP contribution < -0.4 is 20.5 Å². The van der Waals surface area contributed by atoms with Crippen LogP contribution >= 0.6 is 12.4 Å². The Hall–Kier alpha value is -2.24. The zero-order valence-corrected chi connectivity index (χ0v) is 17.0. The van der Waals surface area contributed by atoms with Gasteiger partial charge in [0.15, 0.2) is 11.5 Å². The first-order chi connectivity index (χ1) is 12.5. The zero-order valence-electron chi connectivity index (χ0n) is 16.2. The second-order valence-corrected chi connectivity index (χ2v) is 6.44. The maximum atomic E-state index is 12.5. The van der Waals surface area contributed by atoms with Crippen LogP contribution in [0.1, 0.15) is 37.8 Å². The van der Waals surface area contributed by atoms with E-state index in [-0.39, 0.29) is 18.3 Å². The van der Waals surface area contributed by atoms with Crippen molar-refractivity contribution in [3.63, 3.8) is 0 Å². The lowest BCUT2D eigenvalue weighted by molar-refractivity contribution is -0.126. The molecule has 0 bridgehead atoms. The second kappa shape index (κ2) is 10.8. The first-order valence-electron chi connectivity index (χ1n) is 8.91. The molecule has 2 aromatic carbocycles. The van der Waals surface area contributed by atoms with Crippen LogP contribution in [0.15, 0.2) is 48.5 Å². The number of hydrogen-bond acceptors (Lipinski definition) is 4. The Balaban J connectivity index is 0.00000364. The minimum Gasteiger partial charge on any atom is -0.493 e. The maximum absolute atomic E-state index is 12.5. The van der Waals surface area contributed by atoms with Crippen LogP contribution in [0.3, 0.4) is 0 Å². The van der Waals surface area contributed by atoms with Crippen molar-refractivity contribution in [3.8, 4) is 11.5 Å². The number of rotatable bonds is 9. The van der Waals surface area contributed by atoms with Gasteiger partial charge in [-0.05, 0) is 36.6 Å². The number of unbranched alkanes of at least 4 members (excludes halogenated alkanes) is 1. The normalized spacial score (nSPS) is 12.4. The average Bonchev–Trinajstić information content (AvgIpc) is 2.67. The highest BCUT2D eigenvalue weighted by molar-refractivity contribution is 5.87. The summed E-state index contributed by atoms with van der Waals surface area (Å²) >= 11 is 0. The third-order valence-corrected chi connectivity index (χ3v) is 4.28. The summed E-state index contributed by atoms with van der Waals surface area (Å²) in [5.74, 6) is 1.14. The molecule has 0 aromatic heterocycles. The van der Waals surface area contributed by atoms with Gasteiger partial charge >= 0.3 is 0 Å². The molecule has 0 aliphatic heterocycles. The van der Waals surface area contributed by atoms with E-state index in [9.17, 15) is 4.79 Å². The van der Waals surface area contributed by atoms with Gasteiger partial charge in [0, 0.05) is 6.54 Å². The number of carbonyl (C=O) groups excluding carboxylic acids is 1. The molecule has 2 aromatic rings. The largest absolute Gasteiger partial charge is 0.493 e. The van der Waals surface area contributed by atoms with Crippen molar-refractivity contribution in [2.75, 3.05) is 13.7 Å². The van der Waals surface area contributed by atoms with Gasteiger partial charge in [0.05, 0.1) is 13.7 Å². The molecule has 6 heteroatoms. The molecule has 27 heavy (non-hydrogen) atoms. The van der Waals surface area contributed by atoms with Gasteiger partial charge in [-0.3, -0.25) is 4.79 Å². The Bertz CT molecular complexity index is 721. The lowest BCUT2D eigenvalue weighted by Gasteiger charge is -2.24. The second-order valence-electron chi connectivity index (χ2n) is 6.44. The van der Waals surface area contributed by atoms with Crippen LogP contribution in [-0.4, -0.2) is 19.6 Å². The fourth-order valence-corrected chi connectivity index (χ4v) is 2.55. The van der Waals surface area contributed by atoms with Crippen LogP contribution in [-0.2, 0) is 16.9 Å². The minimum atomic E-state index is -1.09. The van der Waals surface area contributed by atoms with E-state index in [0.717, 1.165) is 24.0 Å². The summed E-state index contributed by atoms with van der Waals surface area (Å²) in [6.45, 7) is 4.85. The molecule has 148 valence electrons. The van der Waals surface area contributed by atoms with Crippen LogP contribution in [0, 0.1) is 0 Å². The number of nitrogens with two attached hydrogens (primary N) is 1. The van der Waals surface area contributed by atoms with Crippen molar-refractivity contribution in [3.05, 3.63) is 59.7 Å². The van der Waals surface area contributed by atoms with Crippen molar-refractivity contribution in [2.24, 2.45) is 5.73 Å². The summed E-state index contributed by atoms with van der Waals surface area (Å²) in [5.41, 5.74) is 6.84. The first kappa shape index (κ1) is 22.8. The van der Waals surface area contributed by atoms with Crippen LogP contribution in [0.5, 0.6) is 11.5 Å². The van der Waals surface area contributed by atoms with E-state index < -0.39 is 5.54 Å². The number of benzene rings is 2. The van der Waals surface area contributed by atoms with Crippen molar-refractivity contribution in [2.45, 2.75) is 38.8 Å². The summed E-state index contributed by atoms with van der Waals surface area (Å²) in [4.78, 5) is 12.5. The van der Waals surface area contributed by atoms with Crippen molar-refractivity contribution < 1.29 is 14.3 Å². The molecule has 0 saturated carbocycles. The van der Waals surface area contributed by atoms with E-state index in [1.807, 2.05) is 48.5 Å². The SMILES string of the molecule is CCCCOc1ccc(CNC(=O)C(C)(N)c2ccccc2)cc1OC.Cl. The summed E-state index contributed by atoms with van der Waals surface area (Å²) < 4.78 is 11.1. The van der Waals surface area contributed by atoms with Gasteiger partial charge in [0.2, 0.25) is 5.91 Å². The fraction of sp³-hybridized carbons (Fsp3) is 0.381. The molecule has 1 atom stereocenters. The van der Waals surface area contributed by atoms with E-state index in [1.165, 1.54) is 0 Å². The van der Waals surface area contributed by atoms with Gasteiger partial charge in [-0.25, -0.2) is 0 Å². The molecule has 0 heterocycles. The Morgan fingerprint density at radius 1 is 1.15 bits per heavy atom. The molecule has 0 saturated heterocycles.